The molecule has 23 heavy (non-hydrogen) atoms. The lowest BCUT2D eigenvalue weighted by molar-refractivity contribution is -0.137. The van der Waals surface area contributed by atoms with E-state index in [1.807, 2.05) is 4.90 Å². The number of aliphatic hydroxyl groups is 1. The first-order chi connectivity index (χ1) is 10.8. The normalized spacial score (nSPS) is 22.7. The van der Waals surface area contributed by atoms with E-state index in [0.717, 1.165) is 12.1 Å². The van der Waals surface area contributed by atoms with Crippen LogP contribution in [0.4, 0.5) is 13.2 Å². The molecule has 1 aliphatic rings. The highest BCUT2D eigenvalue weighted by Gasteiger charge is 2.40. The number of nitrogens with zero attached hydrogens (tertiary/aromatic N) is 3. The average Bonchev–Trinajstić information content (AvgIpc) is 3.08. The summed E-state index contributed by atoms with van der Waals surface area (Å²) in [4.78, 5) is 1.86. The Morgan fingerprint density at radius 3 is 2.78 bits per heavy atom. The summed E-state index contributed by atoms with van der Waals surface area (Å²) in [6.07, 6.45) is -2.55. The summed E-state index contributed by atoms with van der Waals surface area (Å²) < 4.78 is 38.5. The highest BCUT2D eigenvalue weighted by molar-refractivity contribution is 6.30. The van der Waals surface area contributed by atoms with Gasteiger partial charge in [-0.1, -0.05) is 11.6 Å². The number of alkyl halides is 3. The van der Waals surface area contributed by atoms with Crippen LogP contribution in [0.2, 0.25) is 5.02 Å². The minimum atomic E-state index is -4.44. The van der Waals surface area contributed by atoms with E-state index < -0.39 is 17.3 Å². The number of H-pyrrole nitrogens is 1. The molecule has 3 rings (SSSR count). The third-order valence-corrected chi connectivity index (χ3v) is 4.13. The van der Waals surface area contributed by atoms with Gasteiger partial charge in [-0.25, -0.2) is 0 Å². The first-order valence-electron chi connectivity index (χ1n) is 6.94. The SMILES string of the molecule is OC1(c2cn[nH]n2)CCN(Cc2cc(Cl)cc(C(F)(F)F)c2)C1. The van der Waals surface area contributed by atoms with E-state index in [0.29, 0.717) is 24.2 Å². The molecule has 1 aromatic heterocycles. The zero-order valence-electron chi connectivity index (χ0n) is 11.9. The van der Waals surface area contributed by atoms with Crippen molar-refractivity contribution in [2.24, 2.45) is 0 Å². The van der Waals surface area contributed by atoms with Gasteiger partial charge in [-0.2, -0.15) is 28.6 Å². The number of aromatic amines is 1. The molecular weight excluding hydrogens is 333 g/mol. The summed E-state index contributed by atoms with van der Waals surface area (Å²) in [6.45, 7) is 1.08. The minimum Gasteiger partial charge on any atom is -0.382 e. The van der Waals surface area contributed by atoms with Crippen LogP contribution in [0.1, 0.15) is 23.2 Å². The van der Waals surface area contributed by atoms with Crippen LogP contribution in [0.25, 0.3) is 0 Å². The van der Waals surface area contributed by atoms with Crippen LogP contribution >= 0.6 is 11.6 Å². The minimum absolute atomic E-state index is 0.0424. The fourth-order valence-electron chi connectivity index (χ4n) is 2.80. The molecule has 1 atom stereocenters. The summed E-state index contributed by atoms with van der Waals surface area (Å²) in [7, 11) is 0. The third kappa shape index (κ3) is 3.49. The molecule has 2 aromatic rings. The standard InChI is InChI=1S/C14H14ClF3N4O/c15-11-4-9(3-10(5-11)14(16,17)18)7-22-2-1-13(23,8-22)12-6-19-21-20-12/h3-6,23H,1-2,7-8H2,(H,19,20,21). The van der Waals surface area contributed by atoms with E-state index in [9.17, 15) is 18.3 Å². The van der Waals surface area contributed by atoms with Crippen molar-refractivity contribution in [2.45, 2.75) is 24.7 Å². The van der Waals surface area contributed by atoms with Crippen molar-refractivity contribution in [1.82, 2.24) is 20.3 Å². The summed E-state index contributed by atoms with van der Waals surface area (Å²) in [6, 6.07) is 3.49. The highest BCUT2D eigenvalue weighted by Crippen LogP contribution is 2.34. The molecule has 1 unspecified atom stereocenters. The van der Waals surface area contributed by atoms with Crippen molar-refractivity contribution in [3.63, 3.8) is 0 Å². The van der Waals surface area contributed by atoms with Crippen LogP contribution in [0.15, 0.2) is 24.4 Å². The Balaban J connectivity index is 1.75. The number of nitrogens with one attached hydrogen (secondary N) is 1. The van der Waals surface area contributed by atoms with Crippen LogP contribution in [-0.4, -0.2) is 38.5 Å². The van der Waals surface area contributed by atoms with Gasteiger partial charge in [0, 0.05) is 24.7 Å². The van der Waals surface area contributed by atoms with E-state index in [1.165, 1.54) is 12.3 Å². The van der Waals surface area contributed by atoms with Gasteiger partial charge in [-0.15, -0.1) is 0 Å². The van der Waals surface area contributed by atoms with E-state index in [-0.39, 0.29) is 18.1 Å². The number of rotatable bonds is 3. The largest absolute Gasteiger partial charge is 0.416 e. The van der Waals surface area contributed by atoms with Crippen LogP contribution in [-0.2, 0) is 18.3 Å². The molecule has 1 saturated heterocycles. The first kappa shape index (κ1) is 16.2. The smallest absolute Gasteiger partial charge is 0.382 e. The summed E-state index contributed by atoms with van der Waals surface area (Å²) in [5, 5.41) is 20.6. The van der Waals surface area contributed by atoms with E-state index in [2.05, 4.69) is 15.4 Å². The molecule has 0 bridgehead atoms. The zero-order chi connectivity index (χ0) is 16.7. The van der Waals surface area contributed by atoms with Gasteiger partial charge in [0.25, 0.3) is 0 Å². The lowest BCUT2D eigenvalue weighted by Crippen LogP contribution is -2.31. The van der Waals surface area contributed by atoms with Crippen molar-refractivity contribution in [3.8, 4) is 0 Å². The second-order valence-corrected chi connectivity index (χ2v) is 6.13. The van der Waals surface area contributed by atoms with Gasteiger partial charge in [0.05, 0.1) is 11.8 Å². The van der Waals surface area contributed by atoms with Crippen LogP contribution in [0.5, 0.6) is 0 Å². The molecule has 0 amide bonds. The Bertz CT molecular complexity index is 692. The predicted octanol–water partition coefficient (Wildman–Crippen LogP) is 2.57. The molecule has 2 heterocycles. The molecule has 0 aliphatic carbocycles. The Morgan fingerprint density at radius 2 is 2.13 bits per heavy atom. The van der Waals surface area contributed by atoms with E-state index in [1.54, 1.807) is 0 Å². The fourth-order valence-corrected chi connectivity index (χ4v) is 3.06. The van der Waals surface area contributed by atoms with Crippen LogP contribution in [0.3, 0.4) is 0 Å². The van der Waals surface area contributed by atoms with Gasteiger partial charge in [0.15, 0.2) is 0 Å². The van der Waals surface area contributed by atoms with Gasteiger partial charge in [0.2, 0.25) is 0 Å². The molecule has 1 aromatic carbocycles. The number of aromatic nitrogens is 3. The molecule has 0 saturated carbocycles. The molecule has 5 nitrogen and oxygen atoms in total. The van der Waals surface area contributed by atoms with Crippen LogP contribution in [0, 0.1) is 0 Å². The number of hydrogen-bond donors (Lipinski definition) is 2. The molecule has 1 aliphatic heterocycles. The van der Waals surface area contributed by atoms with Crippen molar-refractivity contribution >= 4 is 11.6 Å². The fraction of sp³-hybridized carbons (Fsp3) is 0.429. The summed E-state index contributed by atoms with van der Waals surface area (Å²) in [5.74, 6) is 0. The van der Waals surface area contributed by atoms with Gasteiger partial charge < -0.3 is 5.11 Å². The summed E-state index contributed by atoms with van der Waals surface area (Å²) >= 11 is 5.79. The van der Waals surface area contributed by atoms with Crippen molar-refractivity contribution in [2.75, 3.05) is 13.1 Å². The number of hydrogen-bond acceptors (Lipinski definition) is 4. The number of benzene rings is 1. The molecule has 0 radical (unpaired) electrons. The molecule has 9 heteroatoms. The quantitative estimate of drug-likeness (QED) is 0.896. The second kappa shape index (κ2) is 5.77. The second-order valence-electron chi connectivity index (χ2n) is 5.69. The molecular formula is C14H14ClF3N4O. The average molecular weight is 347 g/mol. The lowest BCUT2D eigenvalue weighted by atomic mass is 10.00. The Hall–Kier alpha value is -1.64. The maximum absolute atomic E-state index is 12.8. The van der Waals surface area contributed by atoms with Gasteiger partial charge in [-0.3, -0.25) is 4.90 Å². The van der Waals surface area contributed by atoms with Gasteiger partial charge >= 0.3 is 6.18 Å². The molecule has 124 valence electrons. The highest BCUT2D eigenvalue weighted by atomic mass is 35.5. The predicted molar refractivity (Wildman–Crippen MR) is 76.6 cm³/mol. The summed E-state index contributed by atoms with van der Waals surface area (Å²) in [5.41, 5.74) is -1.03. The van der Waals surface area contributed by atoms with Crippen LogP contribution < -0.4 is 0 Å². The topological polar surface area (TPSA) is 65.0 Å². The Morgan fingerprint density at radius 1 is 1.35 bits per heavy atom. The van der Waals surface area contributed by atoms with E-state index >= 15 is 0 Å². The van der Waals surface area contributed by atoms with Crippen molar-refractivity contribution < 1.29 is 18.3 Å². The van der Waals surface area contributed by atoms with Gasteiger partial charge in [0.1, 0.15) is 11.3 Å². The number of likely N-dealkylation sites (tertiary alicyclic amines) is 1. The van der Waals surface area contributed by atoms with Gasteiger partial charge in [-0.05, 0) is 30.2 Å². The Kier molecular flexibility index (Phi) is 4.07. The lowest BCUT2D eigenvalue weighted by Gasteiger charge is -2.21. The van der Waals surface area contributed by atoms with Crippen molar-refractivity contribution in [3.05, 3.63) is 46.2 Å². The third-order valence-electron chi connectivity index (χ3n) is 3.91. The number of halogens is 4. The first-order valence-corrected chi connectivity index (χ1v) is 7.32. The van der Waals surface area contributed by atoms with Crippen molar-refractivity contribution in [1.29, 1.82) is 0 Å². The molecule has 0 spiro atoms. The number of β-amino-alcohol motifs (C(OH)–C–C–N with tert-alkyl or cyclic N) is 1. The molecule has 1 fully saturated rings. The zero-order valence-corrected chi connectivity index (χ0v) is 12.7. The maximum atomic E-state index is 12.8. The Labute approximate surface area is 135 Å². The monoisotopic (exact) mass is 346 g/mol. The maximum Gasteiger partial charge on any atom is 0.416 e. The molecule has 2 N–H and O–H groups in total. The van der Waals surface area contributed by atoms with E-state index in [4.69, 9.17) is 11.6 Å².